The van der Waals surface area contributed by atoms with Crippen LogP contribution in [0.2, 0.25) is 0 Å². The number of rotatable bonds is 71. The molecular weight excluding hydrogens is 995 g/mol. The van der Waals surface area contributed by atoms with Crippen molar-refractivity contribution in [2.45, 2.75) is 443 Å². The molecular formula is C75H147NO5. The Morgan fingerprint density at radius 1 is 0.333 bits per heavy atom. The summed E-state index contributed by atoms with van der Waals surface area (Å²) in [7, 11) is 0. The van der Waals surface area contributed by atoms with E-state index in [1.54, 1.807) is 6.08 Å². The van der Waals surface area contributed by atoms with E-state index in [0.717, 1.165) is 38.5 Å². The number of carbonyl (C=O) groups excluding carboxylic acids is 2. The Morgan fingerprint density at radius 2 is 0.568 bits per heavy atom. The molecule has 0 saturated carbocycles. The van der Waals surface area contributed by atoms with Crippen molar-refractivity contribution in [1.82, 2.24) is 5.32 Å². The van der Waals surface area contributed by atoms with E-state index >= 15 is 0 Å². The van der Waals surface area contributed by atoms with E-state index in [1.807, 2.05) is 6.08 Å². The summed E-state index contributed by atoms with van der Waals surface area (Å²) in [6.07, 6.45) is 89.1. The van der Waals surface area contributed by atoms with Crippen LogP contribution in [-0.2, 0) is 14.3 Å². The summed E-state index contributed by atoms with van der Waals surface area (Å²) in [4.78, 5) is 24.5. The van der Waals surface area contributed by atoms with Crippen LogP contribution in [0.1, 0.15) is 431 Å². The van der Waals surface area contributed by atoms with Crippen LogP contribution in [0, 0.1) is 0 Å². The fraction of sp³-hybridized carbons (Fsp3) is 0.947. The fourth-order valence-electron chi connectivity index (χ4n) is 12.1. The second-order valence-corrected chi connectivity index (χ2v) is 26.0. The van der Waals surface area contributed by atoms with E-state index in [4.69, 9.17) is 4.74 Å². The highest BCUT2D eigenvalue weighted by molar-refractivity contribution is 5.76. The number of hydrogen-bond acceptors (Lipinski definition) is 5. The van der Waals surface area contributed by atoms with Gasteiger partial charge >= 0.3 is 5.97 Å². The Kier molecular flexibility index (Phi) is 69.9. The summed E-state index contributed by atoms with van der Waals surface area (Å²) >= 11 is 0. The number of aliphatic hydroxyl groups excluding tert-OH is 2. The molecule has 482 valence electrons. The van der Waals surface area contributed by atoms with E-state index in [0.29, 0.717) is 19.4 Å². The van der Waals surface area contributed by atoms with Crippen molar-refractivity contribution in [3.8, 4) is 0 Å². The van der Waals surface area contributed by atoms with E-state index in [1.165, 1.54) is 366 Å². The van der Waals surface area contributed by atoms with Gasteiger partial charge in [-0.05, 0) is 32.1 Å². The molecule has 81 heavy (non-hydrogen) atoms. The first-order valence-electron chi connectivity index (χ1n) is 37.5. The number of hydrogen-bond donors (Lipinski definition) is 3. The van der Waals surface area contributed by atoms with Gasteiger partial charge in [-0.3, -0.25) is 9.59 Å². The van der Waals surface area contributed by atoms with Gasteiger partial charge in [-0.25, -0.2) is 0 Å². The molecule has 0 aliphatic rings. The summed E-state index contributed by atoms with van der Waals surface area (Å²) in [5.74, 6) is -0.0336. The number of nitrogens with one attached hydrogen (secondary N) is 1. The predicted molar refractivity (Wildman–Crippen MR) is 357 cm³/mol. The number of ether oxygens (including phenoxy) is 1. The molecule has 6 nitrogen and oxygen atoms in total. The molecule has 0 heterocycles. The Labute approximate surface area is 508 Å². The van der Waals surface area contributed by atoms with Gasteiger partial charge in [-0.2, -0.15) is 0 Å². The maximum Gasteiger partial charge on any atom is 0.305 e. The van der Waals surface area contributed by atoms with Gasteiger partial charge < -0.3 is 20.3 Å². The van der Waals surface area contributed by atoms with Gasteiger partial charge in [0.25, 0.3) is 0 Å². The summed E-state index contributed by atoms with van der Waals surface area (Å²) in [5, 5.41) is 23.1. The lowest BCUT2D eigenvalue weighted by Crippen LogP contribution is -2.45. The Morgan fingerprint density at radius 3 is 0.840 bits per heavy atom. The molecule has 0 aromatic rings. The van der Waals surface area contributed by atoms with Crippen LogP contribution in [0.15, 0.2) is 12.2 Å². The van der Waals surface area contributed by atoms with Crippen molar-refractivity contribution in [3.63, 3.8) is 0 Å². The van der Waals surface area contributed by atoms with Crippen LogP contribution in [0.3, 0.4) is 0 Å². The summed E-state index contributed by atoms with van der Waals surface area (Å²) in [5.41, 5.74) is 0. The average molecular weight is 1140 g/mol. The van der Waals surface area contributed by atoms with Gasteiger partial charge in [0.1, 0.15) is 0 Å². The molecule has 2 unspecified atom stereocenters. The van der Waals surface area contributed by atoms with Crippen molar-refractivity contribution >= 4 is 11.9 Å². The van der Waals surface area contributed by atoms with E-state index < -0.39 is 12.1 Å². The number of unbranched alkanes of at least 4 members (excludes halogenated alkanes) is 60. The number of allylic oxidation sites excluding steroid dienone is 1. The molecule has 0 aliphatic heterocycles. The maximum absolute atomic E-state index is 12.4. The summed E-state index contributed by atoms with van der Waals surface area (Å²) in [6, 6.07) is -0.621. The standard InChI is InChI=1S/C75H147NO5/c1-3-5-7-9-11-13-15-16-17-42-45-49-53-57-61-65-69-75(80)81-70-66-62-58-54-50-46-43-40-38-36-34-32-30-28-26-24-22-20-18-19-21-23-25-27-29-31-33-35-37-39-41-44-48-52-56-60-64-68-74(79)76-72(71-77)73(78)67-63-59-55-51-47-14-12-10-8-6-4-2/h63,67,72-73,77-78H,3-62,64-66,68-71H2,1-2H3,(H,76,79)/b67-63+. The van der Waals surface area contributed by atoms with Crippen LogP contribution >= 0.6 is 0 Å². The van der Waals surface area contributed by atoms with Crippen molar-refractivity contribution in [2.75, 3.05) is 13.2 Å². The minimum atomic E-state index is -0.838. The highest BCUT2D eigenvalue weighted by Crippen LogP contribution is 2.20. The molecule has 0 bridgehead atoms. The Bertz CT molecular complexity index is 1220. The molecule has 3 N–H and O–H groups in total. The molecule has 0 saturated heterocycles. The first-order valence-corrected chi connectivity index (χ1v) is 37.5. The molecule has 0 rings (SSSR count). The molecule has 0 aliphatic carbocycles. The van der Waals surface area contributed by atoms with Crippen LogP contribution in [0.25, 0.3) is 0 Å². The second kappa shape index (κ2) is 71.1. The quantitative estimate of drug-likeness (QED) is 0.0320. The summed E-state index contributed by atoms with van der Waals surface area (Å²) < 4.78 is 5.51. The molecule has 0 fully saturated rings. The van der Waals surface area contributed by atoms with Crippen LogP contribution in [0.5, 0.6) is 0 Å². The third-order valence-corrected chi connectivity index (χ3v) is 17.8. The zero-order valence-corrected chi connectivity index (χ0v) is 55.3. The number of aliphatic hydroxyl groups is 2. The van der Waals surface area contributed by atoms with Gasteiger partial charge in [-0.1, -0.05) is 398 Å². The molecule has 6 heteroatoms. The second-order valence-electron chi connectivity index (χ2n) is 26.0. The molecule has 1 amide bonds. The topological polar surface area (TPSA) is 95.9 Å². The lowest BCUT2D eigenvalue weighted by atomic mass is 10.0. The third kappa shape index (κ3) is 67.6. The Hall–Kier alpha value is -1.40. The minimum Gasteiger partial charge on any atom is -0.466 e. The molecule has 0 spiro atoms. The van der Waals surface area contributed by atoms with Crippen molar-refractivity contribution in [1.29, 1.82) is 0 Å². The van der Waals surface area contributed by atoms with Crippen molar-refractivity contribution < 1.29 is 24.5 Å². The lowest BCUT2D eigenvalue weighted by molar-refractivity contribution is -0.143. The van der Waals surface area contributed by atoms with Crippen molar-refractivity contribution in [3.05, 3.63) is 12.2 Å². The van der Waals surface area contributed by atoms with Crippen LogP contribution in [0.4, 0.5) is 0 Å². The van der Waals surface area contributed by atoms with Gasteiger partial charge in [0.2, 0.25) is 5.91 Å². The minimum absolute atomic E-state index is 0.0276. The van der Waals surface area contributed by atoms with Crippen LogP contribution in [-0.4, -0.2) is 47.4 Å². The van der Waals surface area contributed by atoms with E-state index in [-0.39, 0.29) is 18.5 Å². The number of carbonyl (C=O) groups is 2. The summed E-state index contributed by atoms with van der Waals surface area (Å²) in [6.45, 7) is 4.94. The first-order chi connectivity index (χ1) is 40.0. The van der Waals surface area contributed by atoms with Crippen molar-refractivity contribution in [2.24, 2.45) is 0 Å². The van der Waals surface area contributed by atoms with Gasteiger partial charge in [0.05, 0.1) is 25.4 Å². The molecule has 0 radical (unpaired) electrons. The molecule has 2 atom stereocenters. The average Bonchev–Trinajstić information content (AvgIpc) is 3.47. The normalized spacial score (nSPS) is 12.5. The maximum atomic E-state index is 12.4. The SMILES string of the molecule is CCCCCCCCCCC/C=C/C(O)C(CO)NC(=O)CCCCCCCCCCCCCCCCCCCCCCCCCCCCCCCCCCCCCCCOC(=O)CCCCCCCCCCCCCCCCCC. The smallest absolute Gasteiger partial charge is 0.305 e. The monoisotopic (exact) mass is 1140 g/mol. The number of esters is 1. The van der Waals surface area contributed by atoms with Gasteiger partial charge in [0, 0.05) is 12.8 Å². The first kappa shape index (κ1) is 79.6. The van der Waals surface area contributed by atoms with E-state index in [2.05, 4.69) is 19.2 Å². The van der Waals surface area contributed by atoms with Gasteiger partial charge in [0.15, 0.2) is 0 Å². The largest absolute Gasteiger partial charge is 0.466 e. The number of amides is 1. The highest BCUT2D eigenvalue weighted by atomic mass is 16.5. The molecule has 0 aromatic heterocycles. The third-order valence-electron chi connectivity index (χ3n) is 17.8. The zero-order chi connectivity index (χ0) is 58.5. The fourth-order valence-corrected chi connectivity index (χ4v) is 12.1. The Balaban J connectivity index is 3.27. The van der Waals surface area contributed by atoms with Gasteiger partial charge in [-0.15, -0.1) is 0 Å². The highest BCUT2D eigenvalue weighted by Gasteiger charge is 2.18. The zero-order valence-electron chi connectivity index (χ0n) is 55.3. The lowest BCUT2D eigenvalue weighted by Gasteiger charge is -2.20. The molecule has 0 aromatic carbocycles. The van der Waals surface area contributed by atoms with Crippen LogP contribution < -0.4 is 5.32 Å². The predicted octanol–water partition coefficient (Wildman–Crippen LogP) is 24.3. The van der Waals surface area contributed by atoms with E-state index in [9.17, 15) is 19.8 Å².